The maximum atomic E-state index is 13.5. The van der Waals surface area contributed by atoms with Gasteiger partial charge >= 0.3 is 0 Å². The number of anilines is 2. The van der Waals surface area contributed by atoms with Crippen molar-refractivity contribution in [3.05, 3.63) is 112 Å². The van der Waals surface area contributed by atoms with Crippen LogP contribution in [0.1, 0.15) is 29.7 Å². The molecule has 1 aromatic heterocycles. The lowest BCUT2D eigenvalue weighted by Crippen LogP contribution is -2.31. The van der Waals surface area contributed by atoms with Crippen LogP contribution in [0.15, 0.2) is 94.9 Å². The van der Waals surface area contributed by atoms with Gasteiger partial charge in [-0.25, -0.2) is 4.68 Å². The number of hydrogen-bond donors (Lipinski definition) is 2. The minimum Gasteiger partial charge on any atom is -0.489 e. The van der Waals surface area contributed by atoms with Crippen molar-refractivity contribution in [3.8, 4) is 5.75 Å². The molecule has 1 unspecified atom stereocenters. The number of fused-ring (bicyclic) bond motifs is 1. The maximum Gasteiger partial charge on any atom is 0.255 e. The Balaban J connectivity index is 1.41. The summed E-state index contributed by atoms with van der Waals surface area (Å²) in [6, 6.07) is 23.1. The van der Waals surface area contributed by atoms with Crippen LogP contribution in [0.5, 0.6) is 5.75 Å². The van der Waals surface area contributed by atoms with Crippen LogP contribution >= 0.6 is 15.9 Å². The molecule has 2 N–H and O–H groups in total. The second kappa shape index (κ2) is 9.76. The van der Waals surface area contributed by atoms with Crippen molar-refractivity contribution in [2.24, 2.45) is 0 Å². The lowest BCUT2D eigenvalue weighted by Gasteiger charge is -2.29. The van der Waals surface area contributed by atoms with Crippen molar-refractivity contribution in [2.45, 2.75) is 26.5 Å². The van der Waals surface area contributed by atoms with Crippen LogP contribution in [0.25, 0.3) is 0 Å². The summed E-state index contributed by atoms with van der Waals surface area (Å²) in [5.41, 5.74) is 5.10. The van der Waals surface area contributed by atoms with Crippen molar-refractivity contribution < 1.29 is 9.53 Å². The van der Waals surface area contributed by atoms with Crippen molar-refractivity contribution in [1.29, 1.82) is 0 Å². The number of carbonyl (C=O) groups excluding carboxylic acids is 1. The van der Waals surface area contributed by atoms with Gasteiger partial charge in [0.2, 0.25) is 5.95 Å². The van der Waals surface area contributed by atoms with Crippen LogP contribution in [-0.2, 0) is 11.4 Å². The molecule has 1 amide bonds. The van der Waals surface area contributed by atoms with Crippen molar-refractivity contribution in [3.63, 3.8) is 0 Å². The van der Waals surface area contributed by atoms with E-state index in [9.17, 15) is 4.79 Å². The van der Waals surface area contributed by atoms with E-state index in [0.29, 0.717) is 18.1 Å². The molecule has 35 heavy (non-hydrogen) atoms. The van der Waals surface area contributed by atoms with Gasteiger partial charge in [0, 0.05) is 15.9 Å². The minimum absolute atomic E-state index is 0.193. The zero-order valence-corrected chi connectivity index (χ0v) is 20.9. The van der Waals surface area contributed by atoms with Crippen LogP contribution in [0, 0.1) is 6.92 Å². The number of amides is 1. The van der Waals surface area contributed by atoms with Gasteiger partial charge in [-0.15, -0.1) is 0 Å². The van der Waals surface area contributed by atoms with E-state index in [4.69, 9.17) is 4.74 Å². The summed E-state index contributed by atoms with van der Waals surface area (Å²) >= 11 is 3.49. The Bertz CT molecular complexity index is 1410. The number of benzene rings is 3. The standard InChI is InChI=1S/C27H24BrN5O2/c1-17-5-3-8-22(13-17)32-26(34)24-18(2)31-27-29-16-30-33(27)25(24)20-9-11-23(12-10-20)35-15-19-6-4-7-21(28)14-19/h3-14,16,25H,15H2,1-2H3,(H,32,34)(H,29,30,31). The fourth-order valence-electron chi connectivity index (χ4n) is 4.15. The highest BCUT2D eigenvalue weighted by Crippen LogP contribution is 2.36. The molecule has 4 aromatic rings. The molecule has 0 aliphatic carbocycles. The summed E-state index contributed by atoms with van der Waals surface area (Å²) in [6.45, 7) is 4.33. The fourth-order valence-corrected chi connectivity index (χ4v) is 4.60. The third kappa shape index (κ3) is 4.97. The first-order chi connectivity index (χ1) is 17.0. The molecule has 1 aliphatic heterocycles. The second-order valence-electron chi connectivity index (χ2n) is 8.41. The molecular formula is C27H24BrN5O2. The molecule has 176 valence electrons. The molecule has 0 bridgehead atoms. The van der Waals surface area contributed by atoms with E-state index in [1.165, 1.54) is 6.33 Å². The molecule has 0 spiro atoms. The zero-order valence-electron chi connectivity index (χ0n) is 19.3. The van der Waals surface area contributed by atoms with E-state index >= 15 is 0 Å². The van der Waals surface area contributed by atoms with E-state index in [-0.39, 0.29) is 5.91 Å². The average Bonchev–Trinajstić information content (AvgIpc) is 3.30. The Kier molecular flexibility index (Phi) is 6.37. The Labute approximate surface area is 212 Å². The SMILES string of the molecule is CC1=C(C(=O)Nc2cccc(C)c2)C(c2ccc(OCc3cccc(Br)c3)cc2)n2ncnc2N1. The van der Waals surface area contributed by atoms with Gasteiger partial charge in [-0.1, -0.05) is 52.3 Å². The number of aromatic nitrogens is 3. The summed E-state index contributed by atoms with van der Waals surface area (Å²) < 4.78 is 8.72. The molecule has 2 heterocycles. The molecule has 0 fully saturated rings. The fraction of sp³-hybridized carbons (Fsp3) is 0.148. The van der Waals surface area contributed by atoms with Gasteiger partial charge < -0.3 is 15.4 Å². The molecular weight excluding hydrogens is 506 g/mol. The van der Waals surface area contributed by atoms with Crippen LogP contribution in [0.2, 0.25) is 0 Å². The van der Waals surface area contributed by atoms with Crippen LogP contribution in [-0.4, -0.2) is 20.7 Å². The van der Waals surface area contributed by atoms with Crippen LogP contribution in [0.3, 0.4) is 0 Å². The lowest BCUT2D eigenvalue weighted by atomic mass is 9.95. The molecule has 3 aromatic carbocycles. The zero-order chi connectivity index (χ0) is 24.4. The Morgan fingerprint density at radius 2 is 1.89 bits per heavy atom. The number of rotatable bonds is 6. The van der Waals surface area contributed by atoms with E-state index in [0.717, 1.165) is 38.3 Å². The first kappa shape index (κ1) is 22.9. The van der Waals surface area contributed by atoms with E-state index < -0.39 is 6.04 Å². The molecule has 5 rings (SSSR count). The predicted octanol–water partition coefficient (Wildman–Crippen LogP) is 5.86. The summed E-state index contributed by atoms with van der Waals surface area (Å²) in [7, 11) is 0. The number of nitrogens with zero attached hydrogens (tertiary/aromatic N) is 3. The Morgan fingerprint density at radius 3 is 2.66 bits per heavy atom. The number of allylic oxidation sites excluding steroid dienone is 1. The van der Waals surface area contributed by atoms with Crippen molar-refractivity contribution in [1.82, 2.24) is 14.8 Å². The van der Waals surface area contributed by atoms with Gasteiger partial charge in [0.05, 0.1) is 5.57 Å². The normalized spacial score (nSPS) is 14.8. The van der Waals surface area contributed by atoms with E-state index in [1.54, 1.807) is 4.68 Å². The summed E-state index contributed by atoms with van der Waals surface area (Å²) in [5, 5.41) is 10.6. The van der Waals surface area contributed by atoms with Gasteiger partial charge in [0.1, 0.15) is 24.7 Å². The number of nitrogens with one attached hydrogen (secondary N) is 2. The summed E-state index contributed by atoms with van der Waals surface area (Å²) in [5.74, 6) is 1.14. The van der Waals surface area contributed by atoms with Crippen LogP contribution < -0.4 is 15.4 Å². The average molecular weight is 530 g/mol. The number of carbonyl (C=O) groups is 1. The predicted molar refractivity (Wildman–Crippen MR) is 139 cm³/mol. The molecule has 1 atom stereocenters. The number of halogens is 1. The van der Waals surface area contributed by atoms with Gasteiger partial charge in [0.15, 0.2) is 0 Å². The number of hydrogen-bond acceptors (Lipinski definition) is 5. The molecule has 8 heteroatoms. The largest absolute Gasteiger partial charge is 0.489 e. The first-order valence-corrected chi connectivity index (χ1v) is 12.0. The second-order valence-corrected chi connectivity index (χ2v) is 9.32. The van der Waals surface area contributed by atoms with Gasteiger partial charge in [-0.05, 0) is 66.9 Å². The van der Waals surface area contributed by atoms with Crippen molar-refractivity contribution >= 4 is 33.5 Å². The Hall–Kier alpha value is -3.91. The first-order valence-electron chi connectivity index (χ1n) is 11.2. The highest BCUT2D eigenvalue weighted by Gasteiger charge is 2.33. The number of aryl methyl sites for hydroxylation is 1. The number of ether oxygens (including phenoxy) is 1. The molecule has 7 nitrogen and oxygen atoms in total. The van der Waals surface area contributed by atoms with E-state index in [1.807, 2.05) is 86.6 Å². The Morgan fingerprint density at radius 1 is 1.09 bits per heavy atom. The molecule has 0 saturated carbocycles. The third-order valence-electron chi connectivity index (χ3n) is 5.81. The van der Waals surface area contributed by atoms with Gasteiger partial charge in [-0.2, -0.15) is 10.1 Å². The highest BCUT2D eigenvalue weighted by atomic mass is 79.9. The third-order valence-corrected chi connectivity index (χ3v) is 6.30. The summed E-state index contributed by atoms with van der Waals surface area (Å²) in [4.78, 5) is 17.8. The lowest BCUT2D eigenvalue weighted by molar-refractivity contribution is -0.113. The maximum absolute atomic E-state index is 13.5. The quantitative estimate of drug-likeness (QED) is 0.327. The summed E-state index contributed by atoms with van der Waals surface area (Å²) in [6.07, 6.45) is 1.49. The molecule has 0 saturated heterocycles. The van der Waals surface area contributed by atoms with Gasteiger partial charge in [-0.3, -0.25) is 4.79 Å². The molecule has 0 radical (unpaired) electrons. The minimum atomic E-state index is -0.433. The monoisotopic (exact) mass is 529 g/mol. The highest BCUT2D eigenvalue weighted by molar-refractivity contribution is 9.10. The molecule has 1 aliphatic rings. The van der Waals surface area contributed by atoms with Crippen molar-refractivity contribution in [2.75, 3.05) is 10.6 Å². The van der Waals surface area contributed by atoms with E-state index in [2.05, 4.69) is 36.6 Å². The van der Waals surface area contributed by atoms with Gasteiger partial charge in [0.25, 0.3) is 5.91 Å². The smallest absolute Gasteiger partial charge is 0.255 e. The van der Waals surface area contributed by atoms with Crippen LogP contribution in [0.4, 0.5) is 11.6 Å². The topological polar surface area (TPSA) is 81.1 Å².